The number of hydrogen-bond donors (Lipinski definition) is 1. The van der Waals surface area contributed by atoms with Gasteiger partial charge in [0.2, 0.25) is 0 Å². The second kappa shape index (κ2) is 4.22. The van der Waals surface area contributed by atoms with Crippen LogP contribution in [0.15, 0.2) is 42.4 Å². The maximum Gasteiger partial charge on any atom is 0.111 e. The molecule has 0 radical (unpaired) electrons. The Morgan fingerprint density at radius 2 is 2.29 bits per heavy atom. The zero-order chi connectivity index (χ0) is 11.7. The normalized spacial score (nSPS) is 16.9. The minimum absolute atomic E-state index is 0.0879. The highest BCUT2D eigenvalue weighted by Crippen LogP contribution is 2.16. The first-order valence-corrected chi connectivity index (χ1v) is 5.83. The highest BCUT2D eigenvalue weighted by molar-refractivity contribution is 5.74. The molecule has 1 aliphatic heterocycles. The van der Waals surface area contributed by atoms with Crippen LogP contribution in [0.1, 0.15) is 6.42 Å². The van der Waals surface area contributed by atoms with E-state index in [-0.39, 0.29) is 6.04 Å². The van der Waals surface area contributed by atoms with Gasteiger partial charge in [-0.15, -0.1) is 0 Å². The summed E-state index contributed by atoms with van der Waals surface area (Å²) in [4.78, 5) is 4.35. The van der Waals surface area contributed by atoms with Gasteiger partial charge in [-0.3, -0.25) is 0 Å². The van der Waals surface area contributed by atoms with Crippen LogP contribution in [0.3, 0.4) is 0 Å². The van der Waals surface area contributed by atoms with Gasteiger partial charge < -0.3 is 15.0 Å². The number of fused-ring (bicyclic) bond motifs is 1. The van der Waals surface area contributed by atoms with Crippen LogP contribution in [-0.4, -0.2) is 22.2 Å². The molecule has 3 rings (SSSR count). The second-order valence-corrected chi connectivity index (χ2v) is 4.24. The Balaban J connectivity index is 1.85. The first-order valence-electron chi connectivity index (χ1n) is 5.83. The maximum absolute atomic E-state index is 6.12. The van der Waals surface area contributed by atoms with E-state index >= 15 is 0 Å². The Kier molecular flexibility index (Phi) is 2.57. The molecule has 0 bridgehead atoms. The van der Waals surface area contributed by atoms with Gasteiger partial charge >= 0.3 is 0 Å². The van der Waals surface area contributed by atoms with Crippen molar-refractivity contribution < 1.29 is 4.74 Å². The van der Waals surface area contributed by atoms with Crippen LogP contribution in [0.25, 0.3) is 11.0 Å². The van der Waals surface area contributed by atoms with E-state index in [0.717, 1.165) is 29.8 Å². The minimum atomic E-state index is -0.0879. The van der Waals surface area contributed by atoms with Gasteiger partial charge in [-0.05, 0) is 18.2 Å². The molecule has 0 aliphatic carbocycles. The van der Waals surface area contributed by atoms with Gasteiger partial charge in [-0.1, -0.05) is 12.1 Å². The lowest BCUT2D eigenvalue weighted by molar-refractivity contribution is 0.220. The van der Waals surface area contributed by atoms with Crippen molar-refractivity contribution in [2.75, 3.05) is 6.61 Å². The Hall–Kier alpha value is -1.81. The van der Waals surface area contributed by atoms with Crippen molar-refractivity contribution in [3.05, 3.63) is 42.4 Å². The molecule has 2 N–H and O–H groups in total. The SMILES string of the molecule is NC(Cn1cnc2ccccc21)C1=CCCO1. The third-order valence-electron chi connectivity index (χ3n) is 3.02. The molecule has 1 aromatic carbocycles. The standard InChI is InChI=1S/C13H15N3O/c14-10(13-6-3-7-17-13)8-16-9-15-11-4-1-2-5-12(11)16/h1-2,4-6,9-10H,3,7-8,14H2. The molecule has 0 saturated carbocycles. The van der Waals surface area contributed by atoms with Gasteiger partial charge in [0.15, 0.2) is 0 Å². The zero-order valence-corrected chi connectivity index (χ0v) is 9.54. The van der Waals surface area contributed by atoms with Crippen molar-refractivity contribution in [1.82, 2.24) is 9.55 Å². The highest BCUT2D eigenvalue weighted by atomic mass is 16.5. The summed E-state index contributed by atoms with van der Waals surface area (Å²) in [6.07, 6.45) is 4.87. The van der Waals surface area contributed by atoms with Crippen molar-refractivity contribution >= 4 is 11.0 Å². The van der Waals surface area contributed by atoms with Crippen LogP contribution in [-0.2, 0) is 11.3 Å². The first kappa shape index (κ1) is 10.4. The van der Waals surface area contributed by atoms with E-state index in [1.54, 1.807) is 0 Å². The molecule has 2 heterocycles. The number of nitrogens with two attached hydrogens (primary N) is 1. The van der Waals surface area contributed by atoms with E-state index < -0.39 is 0 Å². The fraction of sp³-hybridized carbons (Fsp3) is 0.308. The number of para-hydroxylation sites is 2. The van der Waals surface area contributed by atoms with Gasteiger partial charge in [0.25, 0.3) is 0 Å². The van der Waals surface area contributed by atoms with E-state index in [0.29, 0.717) is 6.54 Å². The Bertz CT molecular complexity index is 559. The molecule has 0 saturated heterocycles. The summed E-state index contributed by atoms with van der Waals surface area (Å²) in [6, 6.07) is 7.97. The summed E-state index contributed by atoms with van der Waals surface area (Å²) in [5.74, 6) is 0.905. The van der Waals surface area contributed by atoms with Gasteiger partial charge in [-0.2, -0.15) is 0 Å². The van der Waals surface area contributed by atoms with Gasteiger partial charge in [0.1, 0.15) is 5.76 Å². The summed E-state index contributed by atoms with van der Waals surface area (Å²) in [5, 5.41) is 0. The fourth-order valence-electron chi connectivity index (χ4n) is 2.15. The van der Waals surface area contributed by atoms with Crippen molar-refractivity contribution in [2.45, 2.75) is 19.0 Å². The predicted molar refractivity (Wildman–Crippen MR) is 66.4 cm³/mol. The number of aromatic nitrogens is 2. The molecule has 17 heavy (non-hydrogen) atoms. The number of hydrogen-bond acceptors (Lipinski definition) is 3. The number of rotatable bonds is 3. The molecule has 1 aromatic heterocycles. The fourth-order valence-corrected chi connectivity index (χ4v) is 2.15. The predicted octanol–water partition coefficient (Wildman–Crippen LogP) is 1.67. The summed E-state index contributed by atoms with van der Waals surface area (Å²) >= 11 is 0. The van der Waals surface area contributed by atoms with Crippen molar-refractivity contribution in [3.8, 4) is 0 Å². The smallest absolute Gasteiger partial charge is 0.111 e. The lowest BCUT2D eigenvalue weighted by atomic mass is 10.2. The lowest BCUT2D eigenvalue weighted by Crippen LogP contribution is -2.28. The van der Waals surface area contributed by atoms with E-state index in [9.17, 15) is 0 Å². The molecule has 4 heteroatoms. The number of benzene rings is 1. The van der Waals surface area contributed by atoms with Crippen LogP contribution >= 0.6 is 0 Å². The summed E-state index contributed by atoms with van der Waals surface area (Å²) in [5.41, 5.74) is 8.23. The number of imidazole rings is 1. The van der Waals surface area contributed by atoms with Crippen LogP contribution in [0.5, 0.6) is 0 Å². The van der Waals surface area contributed by atoms with Crippen LogP contribution in [0.4, 0.5) is 0 Å². The Labute approximate surface area is 99.7 Å². The molecule has 0 amide bonds. The summed E-state index contributed by atoms with van der Waals surface area (Å²) < 4.78 is 7.55. The molecule has 0 spiro atoms. The van der Waals surface area contributed by atoms with Crippen LogP contribution < -0.4 is 5.73 Å². The van der Waals surface area contributed by atoms with E-state index in [2.05, 4.69) is 21.7 Å². The number of ether oxygens (including phenoxy) is 1. The highest BCUT2D eigenvalue weighted by Gasteiger charge is 2.15. The lowest BCUT2D eigenvalue weighted by Gasteiger charge is -2.14. The first-order chi connectivity index (χ1) is 8.34. The maximum atomic E-state index is 6.12. The topological polar surface area (TPSA) is 53.1 Å². The molecule has 0 fully saturated rings. The van der Waals surface area contributed by atoms with Gasteiger partial charge in [-0.25, -0.2) is 4.98 Å². The van der Waals surface area contributed by atoms with E-state index in [4.69, 9.17) is 10.5 Å². The summed E-state index contributed by atoms with van der Waals surface area (Å²) in [7, 11) is 0. The quantitative estimate of drug-likeness (QED) is 0.871. The molecule has 1 atom stereocenters. The molecule has 88 valence electrons. The van der Waals surface area contributed by atoms with E-state index in [1.165, 1.54) is 0 Å². The third-order valence-corrected chi connectivity index (χ3v) is 3.02. The molecule has 4 nitrogen and oxygen atoms in total. The largest absolute Gasteiger partial charge is 0.496 e. The Morgan fingerprint density at radius 1 is 1.41 bits per heavy atom. The monoisotopic (exact) mass is 229 g/mol. The average molecular weight is 229 g/mol. The minimum Gasteiger partial charge on any atom is -0.496 e. The van der Waals surface area contributed by atoms with Crippen molar-refractivity contribution in [3.63, 3.8) is 0 Å². The van der Waals surface area contributed by atoms with Crippen LogP contribution in [0, 0.1) is 0 Å². The van der Waals surface area contributed by atoms with Gasteiger partial charge in [0.05, 0.1) is 30.0 Å². The zero-order valence-electron chi connectivity index (χ0n) is 9.54. The third kappa shape index (κ3) is 1.91. The number of nitrogens with zero attached hydrogens (tertiary/aromatic N) is 2. The van der Waals surface area contributed by atoms with Crippen molar-refractivity contribution in [2.24, 2.45) is 5.73 Å². The van der Waals surface area contributed by atoms with Crippen molar-refractivity contribution in [1.29, 1.82) is 0 Å². The molecule has 1 aliphatic rings. The molecular weight excluding hydrogens is 214 g/mol. The second-order valence-electron chi connectivity index (χ2n) is 4.24. The molecule has 1 unspecified atom stereocenters. The van der Waals surface area contributed by atoms with Crippen LogP contribution in [0.2, 0.25) is 0 Å². The molecular formula is C13H15N3O. The van der Waals surface area contributed by atoms with E-state index in [1.807, 2.05) is 24.5 Å². The average Bonchev–Trinajstić information content (AvgIpc) is 2.98. The summed E-state index contributed by atoms with van der Waals surface area (Å²) in [6.45, 7) is 1.46. The Morgan fingerprint density at radius 3 is 3.12 bits per heavy atom. The molecule has 2 aromatic rings. The van der Waals surface area contributed by atoms with Gasteiger partial charge in [0, 0.05) is 13.0 Å².